The fourth-order valence-electron chi connectivity index (χ4n) is 3.31. The number of aromatic nitrogens is 1. The van der Waals surface area contributed by atoms with Gasteiger partial charge in [-0.25, -0.2) is 4.39 Å². The first-order chi connectivity index (χ1) is 15.0. The van der Waals surface area contributed by atoms with E-state index in [4.69, 9.17) is 23.2 Å². The predicted molar refractivity (Wildman–Crippen MR) is 127 cm³/mol. The van der Waals surface area contributed by atoms with Crippen LogP contribution in [0.5, 0.6) is 0 Å². The molecule has 0 radical (unpaired) electrons. The summed E-state index contributed by atoms with van der Waals surface area (Å²) in [5.41, 5.74) is 2.57. The van der Waals surface area contributed by atoms with Crippen molar-refractivity contribution in [3.63, 3.8) is 0 Å². The lowest BCUT2D eigenvalue weighted by atomic mass is 10.2. The second-order valence-corrected chi connectivity index (χ2v) is 8.86. The zero-order valence-electron chi connectivity index (χ0n) is 16.4. The van der Waals surface area contributed by atoms with Crippen molar-refractivity contribution in [3.8, 4) is 0 Å². The van der Waals surface area contributed by atoms with Gasteiger partial charge in [0, 0.05) is 45.9 Å². The van der Waals surface area contributed by atoms with Crippen LogP contribution in [0.4, 0.5) is 4.39 Å². The molecule has 0 fully saturated rings. The molecule has 0 bridgehead atoms. The van der Waals surface area contributed by atoms with Crippen molar-refractivity contribution >= 4 is 51.8 Å². The molecule has 1 amide bonds. The van der Waals surface area contributed by atoms with Crippen molar-refractivity contribution in [2.24, 2.45) is 0 Å². The number of thioether (sulfide) groups is 1. The molecule has 0 aliphatic carbocycles. The quantitative estimate of drug-likeness (QED) is 0.299. The van der Waals surface area contributed by atoms with Gasteiger partial charge in [-0.2, -0.15) is 0 Å². The number of halogens is 3. The van der Waals surface area contributed by atoms with Crippen LogP contribution in [0.25, 0.3) is 10.9 Å². The fourth-order valence-corrected chi connectivity index (χ4v) is 4.85. The van der Waals surface area contributed by atoms with Gasteiger partial charge in [0.05, 0.1) is 10.6 Å². The van der Waals surface area contributed by atoms with E-state index in [9.17, 15) is 9.18 Å². The third-order valence-electron chi connectivity index (χ3n) is 4.87. The van der Waals surface area contributed by atoms with E-state index in [1.54, 1.807) is 42.1 Å². The number of para-hydroxylation sites is 1. The van der Waals surface area contributed by atoms with Gasteiger partial charge in [-0.3, -0.25) is 4.79 Å². The number of carbonyl (C=O) groups excluding carboxylic acids is 1. The molecular weight excluding hydrogens is 454 g/mol. The highest BCUT2D eigenvalue weighted by molar-refractivity contribution is 7.98. The van der Waals surface area contributed by atoms with Crippen LogP contribution in [-0.4, -0.2) is 17.0 Å². The van der Waals surface area contributed by atoms with Crippen LogP contribution < -0.4 is 5.32 Å². The second-order valence-electron chi connectivity index (χ2n) is 7.00. The zero-order valence-corrected chi connectivity index (χ0v) is 18.8. The van der Waals surface area contributed by atoms with E-state index in [1.807, 2.05) is 12.1 Å². The Kier molecular flexibility index (Phi) is 6.86. The van der Waals surface area contributed by atoms with Crippen LogP contribution in [0.2, 0.25) is 10.0 Å². The lowest BCUT2D eigenvalue weighted by Gasteiger charge is -2.09. The number of rotatable bonds is 7. The topological polar surface area (TPSA) is 34.0 Å². The van der Waals surface area contributed by atoms with Crippen LogP contribution >= 0.6 is 35.0 Å². The molecule has 3 aromatic carbocycles. The van der Waals surface area contributed by atoms with Crippen molar-refractivity contribution in [2.45, 2.75) is 17.2 Å². The Bertz CT molecular complexity index is 1220. The molecule has 0 aliphatic heterocycles. The van der Waals surface area contributed by atoms with Gasteiger partial charge in [0.1, 0.15) is 5.82 Å². The molecule has 0 saturated carbocycles. The average Bonchev–Trinajstić information content (AvgIpc) is 3.11. The Morgan fingerprint density at radius 3 is 2.58 bits per heavy atom. The summed E-state index contributed by atoms with van der Waals surface area (Å²) in [6.07, 6.45) is 2.10. The Balaban J connectivity index is 1.44. The van der Waals surface area contributed by atoms with Crippen molar-refractivity contribution < 1.29 is 9.18 Å². The third kappa shape index (κ3) is 5.24. The molecular formula is C24H19Cl2FN2OS. The summed E-state index contributed by atoms with van der Waals surface area (Å²) in [5.74, 6) is 0.288. The Labute approximate surface area is 194 Å². The summed E-state index contributed by atoms with van der Waals surface area (Å²) in [6, 6.07) is 19.6. The average molecular weight is 473 g/mol. The zero-order chi connectivity index (χ0) is 21.8. The van der Waals surface area contributed by atoms with Crippen molar-refractivity contribution in [3.05, 3.63) is 99.9 Å². The summed E-state index contributed by atoms with van der Waals surface area (Å²) < 4.78 is 15.3. The first kappa shape index (κ1) is 21.8. The smallest absolute Gasteiger partial charge is 0.252 e. The number of nitrogens with zero attached hydrogens (tertiary/aromatic N) is 1. The minimum Gasteiger partial charge on any atom is -0.350 e. The summed E-state index contributed by atoms with van der Waals surface area (Å²) in [7, 11) is 0. The maximum absolute atomic E-state index is 13.1. The highest BCUT2D eigenvalue weighted by Gasteiger charge is 2.12. The minimum atomic E-state index is -0.232. The molecule has 4 aromatic rings. The molecule has 0 atom stereocenters. The molecule has 1 N–H and O–H groups in total. The summed E-state index contributed by atoms with van der Waals surface area (Å²) in [6.45, 7) is 1.08. The largest absolute Gasteiger partial charge is 0.350 e. The van der Waals surface area contributed by atoms with Gasteiger partial charge in [-0.15, -0.1) is 11.8 Å². The van der Waals surface area contributed by atoms with Crippen molar-refractivity contribution in [1.29, 1.82) is 0 Å². The van der Waals surface area contributed by atoms with E-state index < -0.39 is 0 Å². The molecule has 31 heavy (non-hydrogen) atoms. The third-order valence-corrected chi connectivity index (χ3v) is 6.54. The predicted octanol–water partition coefficient (Wildman–Crippen LogP) is 6.81. The lowest BCUT2D eigenvalue weighted by Crippen LogP contribution is -2.27. The van der Waals surface area contributed by atoms with Gasteiger partial charge in [0.15, 0.2) is 0 Å². The van der Waals surface area contributed by atoms with Crippen LogP contribution in [0.3, 0.4) is 0 Å². The van der Waals surface area contributed by atoms with Gasteiger partial charge in [0.25, 0.3) is 5.91 Å². The van der Waals surface area contributed by atoms with Crippen LogP contribution in [0, 0.1) is 5.82 Å². The highest BCUT2D eigenvalue weighted by Crippen LogP contribution is 2.32. The van der Waals surface area contributed by atoms with Gasteiger partial charge in [0.2, 0.25) is 0 Å². The molecule has 7 heteroatoms. The molecule has 3 nitrogen and oxygen atoms in total. The molecule has 1 aromatic heterocycles. The van der Waals surface area contributed by atoms with E-state index in [0.717, 1.165) is 27.1 Å². The lowest BCUT2D eigenvalue weighted by molar-refractivity contribution is 0.0952. The maximum atomic E-state index is 13.1. The Hall–Kier alpha value is -2.47. The molecule has 0 spiro atoms. The summed E-state index contributed by atoms with van der Waals surface area (Å²) >= 11 is 13.7. The Morgan fingerprint density at radius 1 is 1.03 bits per heavy atom. The summed E-state index contributed by atoms with van der Waals surface area (Å²) in [4.78, 5) is 13.6. The number of fused-ring (bicyclic) bond motifs is 1. The number of benzene rings is 3. The van der Waals surface area contributed by atoms with E-state index in [0.29, 0.717) is 28.7 Å². The van der Waals surface area contributed by atoms with Gasteiger partial charge in [-0.05, 0) is 42.0 Å². The molecule has 1 heterocycles. The first-order valence-electron chi connectivity index (χ1n) is 9.69. The number of hydrogen-bond acceptors (Lipinski definition) is 2. The Morgan fingerprint density at radius 2 is 1.81 bits per heavy atom. The van der Waals surface area contributed by atoms with E-state index in [1.165, 1.54) is 12.1 Å². The summed E-state index contributed by atoms with van der Waals surface area (Å²) in [5, 5.41) is 4.89. The van der Waals surface area contributed by atoms with Crippen molar-refractivity contribution in [1.82, 2.24) is 9.88 Å². The van der Waals surface area contributed by atoms with Crippen molar-refractivity contribution in [2.75, 3.05) is 6.54 Å². The van der Waals surface area contributed by atoms with Crippen LogP contribution in [0.15, 0.2) is 77.8 Å². The van der Waals surface area contributed by atoms with E-state index >= 15 is 0 Å². The van der Waals surface area contributed by atoms with Gasteiger partial charge in [-0.1, -0.05) is 53.5 Å². The van der Waals surface area contributed by atoms with Gasteiger partial charge >= 0.3 is 0 Å². The normalized spacial score (nSPS) is 11.1. The molecule has 0 saturated heterocycles. The first-order valence-corrected chi connectivity index (χ1v) is 11.4. The number of carbonyl (C=O) groups is 1. The number of amides is 1. The van der Waals surface area contributed by atoms with E-state index in [2.05, 4.69) is 28.2 Å². The van der Waals surface area contributed by atoms with Gasteiger partial charge < -0.3 is 9.88 Å². The molecule has 4 rings (SSSR count). The highest BCUT2D eigenvalue weighted by atomic mass is 35.5. The minimum absolute atomic E-state index is 0.229. The maximum Gasteiger partial charge on any atom is 0.252 e. The number of hydrogen-bond donors (Lipinski definition) is 1. The molecule has 158 valence electrons. The number of nitrogens with one attached hydrogen (secondary N) is 1. The van der Waals surface area contributed by atoms with E-state index in [-0.39, 0.29) is 11.7 Å². The monoisotopic (exact) mass is 472 g/mol. The second kappa shape index (κ2) is 9.77. The molecule has 0 unspecified atom stereocenters. The molecule has 0 aliphatic rings. The van der Waals surface area contributed by atoms with Crippen LogP contribution in [-0.2, 0) is 12.3 Å². The standard InChI is InChI=1S/C24H19Cl2FN2OS/c25-17-7-10-19(21(26)13-17)24(30)28-11-12-29-14-23(20-3-1-2-4-22(20)29)31-15-16-5-8-18(27)9-6-16/h1-10,13-14H,11-12,15H2,(H,28,30). The SMILES string of the molecule is O=C(NCCn1cc(SCc2ccc(F)cc2)c2ccccc21)c1ccc(Cl)cc1Cl. The van der Waals surface area contributed by atoms with Crippen LogP contribution in [0.1, 0.15) is 15.9 Å². The fraction of sp³-hybridized carbons (Fsp3) is 0.125.